The van der Waals surface area contributed by atoms with Gasteiger partial charge in [-0.25, -0.2) is 18.6 Å². The Morgan fingerprint density at radius 3 is 2.56 bits per heavy atom. The van der Waals surface area contributed by atoms with Gasteiger partial charge in [0, 0.05) is 11.8 Å². The second kappa shape index (κ2) is 7.82. The summed E-state index contributed by atoms with van der Waals surface area (Å²) in [6, 6.07) is 12.2. The van der Waals surface area contributed by atoms with E-state index in [0.29, 0.717) is 11.5 Å². The topological polar surface area (TPSA) is 63.2 Å². The molecule has 0 bridgehead atoms. The number of carbonyl (C=O) groups excluding carboxylic acids is 1. The third kappa shape index (κ3) is 4.38. The van der Waals surface area contributed by atoms with Gasteiger partial charge in [0.25, 0.3) is 0 Å². The number of hydrogen-bond donors (Lipinski definition) is 2. The van der Waals surface area contributed by atoms with Crippen LogP contribution in [0.4, 0.5) is 31.7 Å². The van der Waals surface area contributed by atoms with Gasteiger partial charge in [0.2, 0.25) is 0 Å². The lowest BCUT2D eigenvalue weighted by molar-refractivity contribution is 0.0601. The maximum absolute atomic E-state index is 13.8. The highest BCUT2D eigenvalue weighted by Gasteiger charge is 2.15. The van der Waals surface area contributed by atoms with Gasteiger partial charge in [0.05, 0.1) is 24.7 Å². The summed E-state index contributed by atoms with van der Waals surface area (Å²) in [4.78, 5) is 16.4. The SMILES string of the molecule is COC(=O)c1cc(Nc2ccc(F)cc2F)cnc1Nc1cccc(C)c1. The zero-order chi connectivity index (χ0) is 19.4. The summed E-state index contributed by atoms with van der Waals surface area (Å²) in [7, 11) is 1.26. The lowest BCUT2D eigenvalue weighted by Crippen LogP contribution is -2.08. The van der Waals surface area contributed by atoms with Crippen molar-refractivity contribution in [3.8, 4) is 0 Å². The van der Waals surface area contributed by atoms with E-state index in [1.807, 2.05) is 31.2 Å². The monoisotopic (exact) mass is 369 g/mol. The predicted molar refractivity (Wildman–Crippen MR) is 99.7 cm³/mol. The average Bonchev–Trinajstić information content (AvgIpc) is 2.64. The number of rotatable bonds is 5. The Bertz CT molecular complexity index is 993. The number of halogens is 2. The number of aryl methyl sites for hydroxylation is 1. The molecular weight excluding hydrogens is 352 g/mol. The molecule has 0 unspecified atom stereocenters. The molecule has 3 aromatic rings. The Labute approximate surface area is 155 Å². The smallest absolute Gasteiger partial charge is 0.341 e. The van der Waals surface area contributed by atoms with Crippen molar-refractivity contribution in [3.63, 3.8) is 0 Å². The molecule has 0 aliphatic heterocycles. The summed E-state index contributed by atoms with van der Waals surface area (Å²) >= 11 is 0. The average molecular weight is 369 g/mol. The Kier molecular flexibility index (Phi) is 5.30. The summed E-state index contributed by atoms with van der Waals surface area (Å²) in [5.41, 5.74) is 2.40. The van der Waals surface area contributed by atoms with E-state index in [9.17, 15) is 13.6 Å². The molecule has 27 heavy (non-hydrogen) atoms. The second-order valence-electron chi connectivity index (χ2n) is 5.86. The van der Waals surface area contributed by atoms with Crippen LogP contribution >= 0.6 is 0 Å². The maximum atomic E-state index is 13.8. The largest absolute Gasteiger partial charge is 0.465 e. The zero-order valence-corrected chi connectivity index (χ0v) is 14.7. The van der Waals surface area contributed by atoms with Crippen molar-refractivity contribution in [1.29, 1.82) is 0 Å². The van der Waals surface area contributed by atoms with Crippen LogP contribution in [0.25, 0.3) is 0 Å². The molecule has 0 atom stereocenters. The number of carbonyl (C=O) groups is 1. The van der Waals surface area contributed by atoms with E-state index in [1.54, 1.807) is 0 Å². The van der Waals surface area contributed by atoms with E-state index in [-0.39, 0.29) is 11.3 Å². The highest BCUT2D eigenvalue weighted by molar-refractivity contribution is 5.96. The van der Waals surface area contributed by atoms with Crippen LogP contribution < -0.4 is 10.6 Å². The van der Waals surface area contributed by atoms with Crippen LogP contribution in [0.1, 0.15) is 15.9 Å². The number of benzene rings is 2. The summed E-state index contributed by atoms with van der Waals surface area (Å²) in [5, 5.41) is 5.85. The van der Waals surface area contributed by atoms with Crippen LogP contribution in [0.3, 0.4) is 0 Å². The Hall–Kier alpha value is -3.48. The van der Waals surface area contributed by atoms with E-state index in [2.05, 4.69) is 15.6 Å². The first-order valence-electron chi connectivity index (χ1n) is 8.10. The molecule has 0 saturated heterocycles. The van der Waals surface area contributed by atoms with Gasteiger partial charge in [-0.15, -0.1) is 0 Å². The van der Waals surface area contributed by atoms with Crippen molar-refractivity contribution in [3.05, 3.63) is 77.5 Å². The number of nitrogens with zero attached hydrogens (tertiary/aromatic N) is 1. The molecule has 7 heteroatoms. The van der Waals surface area contributed by atoms with Crippen LogP contribution in [0, 0.1) is 18.6 Å². The van der Waals surface area contributed by atoms with Gasteiger partial charge in [-0.05, 0) is 42.8 Å². The van der Waals surface area contributed by atoms with Gasteiger partial charge in [-0.1, -0.05) is 12.1 Å². The molecular formula is C20H17F2N3O2. The Balaban J connectivity index is 1.92. The van der Waals surface area contributed by atoms with Crippen molar-refractivity contribution in [1.82, 2.24) is 4.98 Å². The van der Waals surface area contributed by atoms with E-state index < -0.39 is 17.6 Å². The summed E-state index contributed by atoms with van der Waals surface area (Å²) in [6.07, 6.45) is 1.44. The van der Waals surface area contributed by atoms with Crippen LogP contribution in [0.2, 0.25) is 0 Å². The molecule has 5 nitrogen and oxygen atoms in total. The lowest BCUT2D eigenvalue weighted by Gasteiger charge is -2.13. The first-order valence-corrected chi connectivity index (χ1v) is 8.10. The van der Waals surface area contributed by atoms with E-state index in [1.165, 1.54) is 25.4 Å². The normalized spacial score (nSPS) is 10.4. The standard InChI is InChI=1S/C20H17F2N3O2/c1-12-4-3-5-14(8-12)25-19-16(20(26)27-2)10-15(11-23-19)24-18-7-6-13(21)9-17(18)22/h3-11,24H,1-2H3,(H,23,25). The molecule has 1 heterocycles. The van der Waals surface area contributed by atoms with Crippen molar-refractivity contribution < 1.29 is 18.3 Å². The van der Waals surface area contributed by atoms with Gasteiger partial charge in [-0.2, -0.15) is 0 Å². The van der Waals surface area contributed by atoms with E-state index >= 15 is 0 Å². The number of aromatic nitrogens is 1. The number of pyridine rings is 1. The third-order valence-corrected chi connectivity index (χ3v) is 3.78. The minimum absolute atomic E-state index is 0.0633. The first kappa shape index (κ1) is 18.3. The molecule has 3 rings (SSSR count). The van der Waals surface area contributed by atoms with Crippen LogP contribution in [-0.4, -0.2) is 18.1 Å². The van der Waals surface area contributed by atoms with Crippen LogP contribution in [0.5, 0.6) is 0 Å². The molecule has 0 radical (unpaired) electrons. The summed E-state index contributed by atoms with van der Waals surface area (Å²) < 4.78 is 31.7. The molecule has 0 saturated carbocycles. The van der Waals surface area contributed by atoms with Crippen LogP contribution in [-0.2, 0) is 4.74 Å². The number of methoxy groups -OCH3 is 1. The van der Waals surface area contributed by atoms with Gasteiger partial charge >= 0.3 is 5.97 Å². The number of ether oxygens (including phenoxy) is 1. The van der Waals surface area contributed by atoms with Gasteiger partial charge in [-0.3, -0.25) is 0 Å². The fourth-order valence-electron chi connectivity index (χ4n) is 2.50. The highest BCUT2D eigenvalue weighted by Crippen LogP contribution is 2.26. The molecule has 0 amide bonds. The fraction of sp³-hybridized carbons (Fsp3) is 0.100. The van der Waals surface area contributed by atoms with E-state index in [0.717, 1.165) is 23.4 Å². The van der Waals surface area contributed by atoms with Crippen LogP contribution in [0.15, 0.2) is 54.7 Å². The minimum Gasteiger partial charge on any atom is -0.465 e. The highest BCUT2D eigenvalue weighted by atomic mass is 19.1. The summed E-state index contributed by atoms with van der Waals surface area (Å²) in [5.74, 6) is -1.72. The molecule has 0 aliphatic carbocycles. The molecule has 0 spiro atoms. The molecule has 0 aliphatic rings. The molecule has 2 aromatic carbocycles. The predicted octanol–water partition coefficient (Wildman–Crippen LogP) is 4.94. The molecule has 2 N–H and O–H groups in total. The Morgan fingerprint density at radius 2 is 1.85 bits per heavy atom. The van der Waals surface area contributed by atoms with Gasteiger partial charge in [0.15, 0.2) is 0 Å². The van der Waals surface area contributed by atoms with Crippen molar-refractivity contribution in [2.24, 2.45) is 0 Å². The number of nitrogens with one attached hydrogen (secondary N) is 2. The Morgan fingerprint density at radius 1 is 1.04 bits per heavy atom. The minimum atomic E-state index is -0.753. The number of hydrogen-bond acceptors (Lipinski definition) is 5. The second-order valence-corrected chi connectivity index (χ2v) is 5.86. The van der Waals surface area contributed by atoms with Gasteiger partial charge < -0.3 is 15.4 Å². The molecule has 0 fully saturated rings. The van der Waals surface area contributed by atoms with E-state index in [4.69, 9.17) is 4.74 Å². The summed E-state index contributed by atoms with van der Waals surface area (Å²) in [6.45, 7) is 1.95. The molecule has 1 aromatic heterocycles. The zero-order valence-electron chi connectivity index (χ0n) is 14.7. The lowest BCUT2D eigenvalue weighted by atomic mass is 10.2. The number of esters is 1. The van der Waals surface area contributed by atoms with Crippen molar-refractivity contribution >= 4 is 28.8 Å². The van der Waals surface area contributed by atoms with Gasteiger partial charge in [0.1, 0.15) is 23.0 Å². The first-order chi connectivity index (χ1) is 13.0. The quantitative estimate of drug-likeness (QED) is 0.624. The third-order valence-electron chi connectivity index (χ3n) is 3.78. The maximum Gasteiger partial charge on any atom is 0.341 e. The number of anilines is 4. The van der Waals surface area contributed by atoms with Crippen molar-refractivity contribution in [2.75, 3.05) is 17.7 Å². The fourth-order valence-corrected chi connectivity index (χ4v) is 2.50. The van der Waals surface area contributed by atoms with Crippen molar-refractivity contribution in [2.45, 2.75) is 6.92 Å². The molecule has 138 valence electrons.